The van der Waals surface area contributed by atoms with Gasteiger partial charge in [0.15, 0.2) is 0 Å². The minimum absolute atomic E-state index is 0.0857. The average molecular weight is 253 g/mol. The van der Waals surface area contributed by atoms with Crippen LogP contribution in [0.15, 0.2) is 12.5 Å². The minimum Gasteiger partial charge on any atom is -0.481 e. The summed E-state index contributed by atoms with van der Waals surface area (Å²) in [6.07, 6.45) is 3.06. The molecule has 0 aliphatic rings. The lowest BCUT2D eigenvalue weighted by Crippen LogP contribution is -2.27. The second-order valence-electron chi connectivity index (χ2n) is 3.60. The molecule has 18 heavy (non-hydrogen) atoms. The largest absolute Gasteiger partial charge is 0.481 e. The average Bonchev–Trinajstić information content (AvgIpc) is 2.31. The van der Waals surface area contributed by atoms with Crippen LogP contribution in [0.25, 0.3) is 0 Å². The lowest BCUT2D eigenvalue weighted by atomic mass is 10.3. The first-order valence-corrected chi connectivity index (χ1v) is 5.47. The van der Waals surface area contributed by atoms with Crippen LogP contribution >= 0.6 is 0 Å². The maximum Gasteiger partial charge on any atom is 0.305 e. The Labute approximate surface area is 104 Å². The Balaban J connectivity index is 2.20. The van der Waals surface area contributed by atoms with Gasteiger partial charge in [0.25, 0.3) is 0 Å². The van der Waals surface area contributed by atoms with Gasteiger partial charge in [-0.05, 0) is 6.92 Å². The number of hydrogen-bond acceptors (Lipinski definition) is 5. The highest BCUT2D eigenvalue weighted by Crippen LogP contribution is 2.10. The Morgan fingerprint density at radius 1 is 1.44 bits per heavy atom. The van der Waals surface area contributed by atoms with Crippen LogP contribution in [0.5, 0.6) is 5.88 Å². The van der Waals surface area contributed by atoms with Crippen LogP contribution in [0.3, 0.4) is 0 Å². The molecule has 0 fully saturated rings. The molecule has 1 aromatic heterocycles. The van der Waals surface area contributed by atoms with E-state index in [1.807, 2.05) is 6.92 Å². The van der Waals surface area contributed by atoms with E-state index in [9.17, 15) is 9.59 Å². The van der Waals surface area contributed by atoms with Crippen LogP contribution in [0.1, 0.15) is 18.4 Å². The quantitative estimate of drug-likeness (QED) is 0.717. The topological polar surface area (TPSA) is 101 Å². The molecule has 7 nitrogen and oxygen atoms in total. The number of nitrogens with one attached hydrogen (secondary N) is 1. The molecule has 0 saturated carbocycles. The smallest absolute Gasteiger partial charge is 0.305 e. The number of rotatable bonds is 7. The first-order valence-electron chi connectivity index (χ1n) is 5.47. The van der Waals surface area contributed by atoms with Gasteiger partial charge in [-0.25, -0.2) is 9.97 Å². The Bertz CT molecular complexity index is 423. The second-order valence-corrected chi connectivity index (χ2v) is 3.60. The van der Waals surface area contributed by atoms with Crippen LogP contribution in [-0.2, 0) is 9.59 Å². The zero-order chi connectivity index (χ0) is 13.4. The molecule has 1 rings (SSSR count). The van der Waals surface area contributed by atoms with Gasteiger partial charge >= 0.3 is 5.97 Å². The van der Waals surface area contributed by atoms with Crippen molar-refractivity contribution in [2.24, 2.45) is 0 Å². The number of carbonyl (C=O) groups excluding carboxylic acids is 1. The number of carboxylic acid groups (broad SMARTS) is 1. The third kappa shape index (κ3) is 5.24. The number of carboxylic acids is 1. The van der Waals surface area contributed by atoms with E-state index in [-0.39, 0.29) is 31.9 Å². The highest BCUT2D eigenvalue weighted by atomic mass is 16.5. The number of amides is 1. The fourth-order valence-electron chi connectivity index (χ4n) is 1.18. The zero-order valence-electron chi connectivity index (χ0n) is 10.0. The fourth-order valence-corrected chi connectivity index (χ4v) is 1.18. The van der Waals surface area contributed by atoms with Gasteiger partial charge in [-0.2, -0.15) is 0 Å². The van der Waals surface area contributed by atoms with Crippen molar-refractivity contribution in [3.8, 4) is 5.88 Å². The second kappa shape index (κ2) is 7.21. The van der Waals surface area contributed by atoms with Gasteiger partial charge in [0, 0.05) is 18.3 Å². The van der Waals surface area contributed by atoms with E-state index in [0.29, 0.717) is 5.88 Å². The van der Waals surface area contributed by atoms with Crippen molar-refractivity contribution < 1.29 is 19.4 Å². The summed E-state index contributed by atoms with van der Waals surface area (Å²) in [6, 6.07) is 0. The van der Waals surface area contributed by atoms with Gasteiger partial charge < -0.3 is 15.2 Å². The third-order valence-electron chi connectivity index (χ3n) is 2.08. The van der Waals surface area contributed by atoms with E-state index in [4.69, 9.17) is 9.84 Å². The summed E-state index contributed by atoms with van der Waals surface area (Å²) < 4.78 is 5.31. The van der Waals surface area contributed by atoms with Gasteiger partial charge in [-0.1, -0.05) is 0 Å². The Hall–Kier alpha value is -2.18. The number of aliphatic carboxylic acids is 1. The predicted molar refractivity (Wildman–Crippen MR) is 62.1 cm³/mol. The standard InChI is InChI=1S/C11H15N3O4/c1-8-6-12-7-14-11(8)18-5-3-9(15)13-4-2-10(16)17/h6-7H,2-5H2,1H3,(H,13,15)(H,16,17). The SMILES string of the molecule is Cc1cncnc1OCCC(=O)NCCC(=O)O. The molecular weight excluding hydrogens is 238 g/mol. The summed E-state index contributed by atoms with van der Waals surface area (Å²) in [6.45, 7) is 2.12. The lowest BCUT2D eigenvalue weighted by Gasteiger charge is -2.07. The number of aryl methyl sites for hydroxylation is 1. The van der Waals surface area contributed by atoms with Crippen molar-refractivity contribution in [1.29, 1.82) is 0 Å². The maximum atomic E-state index is 11.3. The molecule has 1 amide bonds. The molecule has 0 atom stereocenters. The molecule has 0 spiro atoms. The summed E-state index contributed by atoms with van der Waals surface area (Å²) >= 11 is 0. The van der Waals surface area contributed by atoms with Crippen molar-refractivity contribution in [2.45, 2.75) is 19.8 Å². The zero-order valence-corrected chi connectivity index (χ0v) is 10.0. The van der Waals surface area contributed by atoms with E-state index in [0.717, 1.165) is 5.56 Å². The van der Waals surface area contributed by atoms with Gasteiger partial charge in [-0.15, -0.1) is 0 Å². The molecule has 0 aliphatic heterocycles. The molecule has 0 aliphatic carbocycles. The summed E-state index contributed by atoms with van der Waals surface area (Å²) in [5, 5.41) is 10.9. The van der Waals surface area contributed by atoms with Gasteiger partial charge in [0.05, 0.1) is 19.4 Å². The van der Waals surface area contributed by atoms with Crippen molar-refractivity contribution in [1.82, 2.24) is 15.3 Å². The van der Waals surface area contributed by atoms with Crippen molar-refractivity contribution in [3.05, 3.63) is 18.1 Å². The summed E-state index contributed by atoms with van der Waals surface area (Å²) in [7, 11) is 0. The summed E-state index contributed by atoms with van der Waals surface area (Å²) in [5.74, 6) is -0.741. The number of aromatic nitrogens is 2. The molecule has 98 valence electrons. The molecule has 7 heteroatoms. The van der Waals surface area contributed by atoms with E-state index >= 15 is 0 Å². The van der Waals surface area contributed by atoms with Crippen molar-refractivity contribution >= 4 is 11.9 Å². The number of carbonyl (C=O) groups is 2. The molecule has 0 unspecified atom stereocenters. The van der Waals surface area contributed by atoms with Gasteiger partial charge in [0.2, 0.25) is 11.8 Å². The molecule has 0 aromatic carbocycles. The summed E-state index contributed by atoms with van der Waals surface area (Å²) in [4.78, 5) is 29.2. The molecular formula is C11H15N3O4. The highest BCUT2D eigenvalue weighted by Gasteiger charge is 2.05. The molecule has 1 aromatic rings. The monoisotopic (exact) mass is 253 g/mol. The first kappa shape index (κ1) is 13.9. The highest BCUT2D eigenvalue weighted by molar-refractivity contribution is 5.76. The van der Waals surface area contributed by atoms with Crippen molar-refractivity contribution in [2.75, 3.05) is 13.2 Å². The first-order chi connectivity index (χ1) is 8.59. The number of nitrogens with zero attached hydrogens (tertiary/aromatic N) is 2. The maximum absolute atomic E-state index is 11.3. The lowest BCUT2D eigenvalue weighted by molar-refractivity contribution is -0.136. The number of ether oxygens (including phenoxy) is 1. The Morgan fingerprint density at radius 2 is 2.22 bits per heavy atom. The van der Waals surface area contributed by atoms with E-state index < -0.39 is 5.97 Å². The predicted octanol–water partition coefficient (Wildman–Crippen LogP) is 0.145. The molecule has 0 bridgehead atoms. The van der Waals surface area contributed by atoms with Crippen LogP contribution < -0.4 is 10.1 Å². The van der Waals surface area contributed by atoms with Crippen LogP contribution in [-0.4, -0.2) is 40.1 Å². The Morgan fingerprint density at radius 3 is 2.89 bits per heavy atom. The molecule has 2 N–H and O–H groups in total. The van der Waals surface area contributed by atoms with E-state index in [1.54, 1.807) is 6.20 Å². The normalized spacial score (nSPS) is 9.83. The van der Waals surface area contributed by atoms with Gasteiger partial charge in [-0.3, -0.25) is 9.59 Å². The Kier molecular flexibility index (Phi) is 5.56. The fraction of sp³-hybridized carbons (Fsp3) is 0.455. The number of hydrogen-bond donors (Lipinski definition) is 2. The molecule has 1 heterocycles. The molecule has 0 saturated heterocycles. The van der Waals surface area contributed by atoms with Crippen LogP contribution in [0.4, 0.5) is 0 Å². The third-order valence-corrected chi connectivity index (χ3v) is 2.08. The van der Waals surface area contributed by atoms with Crippen LogP contribution in [0.2, 0.25) is 0 Å². The molecule has 0 radical (unpaired) electrons. The van der Waals surface area contributed by atoms with Crippen LogP contribution in [0, 0.1) is 6.92 Å². The van der Waals surface area contributed by atoms with E-state index in [1.165, 1.54) is 6.33 Å². The van der Waals surface area contributed by atoms with Gasteiger partial charge in [0.1, 0.15) is 6.33 Å². The summed E-state index contributed by atoms with van der Waals surface area (Å²) in [5.41, 5.74) is 0.795. The van der Waals surface area contributed by atoms with Crippen molar-refractivity contribution in [3.63, 3.8) is 0 Å². The minimum atomic E-state index is -0.942. The van der Waals surface area contributed by atoms with E-state index in [2.05, 4.69) is 15.3 Å².